The van der Waals surface area contributed by atoms with Gasteiger partial charge in [0.2, 0.25) is 0 Å². The van der Waals surface area contributed by atoms with Crippen LogP contribution in [-0.2, 0) is 9.31 Å². The molecule has 1 aromatic carbocycles. The van der Waals surface area contributed by atoms with E-state index in [9.17, 15) is 18.0 Å². The zero-order chi connectivity index (χ0) is 19.9. The van der Waals surface area contributed by atoms with E-state index in [1.807, 2.05) is 27.7 Å². The summed E-state index contributed by atoms with van der Waals surface area (Å²) in [6.07, 6.45) is -4.87. The highest BCUT2D eigenvalue weighted by atomic mass is 19.4. The Bertz CT molecular complexity index is 673. The first-order valence-corrected chi connectivity index (χ1v) is 8.27. The largest absolute Gasteiger partial charge is 0.573 e. The summed E-state index contributed by atoms with van der Waals surface area (Å²) in [5.41, 5.74) is -1.03. The highest BCUT2D eigenvalue weighted by Crippen LogP contribution is 2.37. The number of hydrogen-bond donors (Lipinski definition) is 1. The maximum Gasteiger partial charge on any atom is 0.573 e. The minimum Gasteiger partial charge on any atom is -0.406 e. The second-order valence-electron chi connectivity index (χ2n) is 7.55. The number of carbonyl (C=O) groups is 1. The van der Waals surface area contributed by atoms with Gasteiger partial charge < -0.3 is 19.4 Å². The van der Waals surface area contributed by atoms with E-state index in [-0.39, 0.29) is 17.1 Å². The van der Waals surface area contributed by atoms with Crippen molar-refractivity contribution in [3.8, 4) is 5.75 Å². The van der Waals surface area contributed by atoms with E-state index in [4.69, 9.17) is 9.31 Å². The lowest BCUT2D eigenvalue weighted by atomic mass is 9.78. The van der Waals surface area contributed by atoms with Crippen LogP contribution in [0.2, 0.25) is 0 Å². The monoisotopic (exact) mass is 373 g/mol. The minimum atomic E-state index is -4.87. The standard InChI is InChI=1S/C17H23BF3NO4/c1-10(2)22-14(23)11-7-12(9-13(8-11)24-17(19,20)21)18-25-15(3,4)16(5,6)26-18/h7-10H,1-6H3,(H,22,23). The molecule has 0 saturated carbocycles. The maximum atomic E-state index is 12.7. The van der Waals surface area contributed by atoms with Crippen molar-refractivity contribution in [1.82, 2.24) is 5.32 Å². The summed E-state index contributed by atoms with van der Waals surface area (Å²) in [6, 6.07) is 3.49. The number of ether oxygens (including phenoxy) is 1. The van der Waals surface area contributed by atoms with Gasteiger partial charge in [-0.25, -0.2) is 0 Å². The van der Waals surface area contributed by atoms with E-state index >= 15 is 0 Å². The number of rotatable bonds is 4. The smallest absolute Gasteiger partial charge is 0.406 e. The molecule has 0 bridgehead atoms. The van der Waals surface area contributed by atoms with Gasteiger partial charge in [-0.15, -0.1) is 13.2 Å². The third kappa shape index (κ3) is 4.70. The fraction of sp³-hybridized carbons (Fsp3) is 0.588. The second kappa shape index (κ2) is 6.77. The summed E-state index contributed by atoms with van der Waals surface area (Å²) in [4.78, 5) is 12.3. The van der Waals surface area contributed by atoms with Crippen molar-refractivity contribution in [2.45, 2.75) is 65.1 Å². The zero-order valence-electron chi connectivity index (χ0n) is 15.7. The molecular formula is C17H23BF3NO4. The molecule has 1 fully saturated rings. The Morgan fingerprint density at radius 1 is 1.12 bits per heavy atom. The third-order valence-electron chi connectivity index (χ3n) is 4.37. The average molecular weight is 373 g/mol. The van der Waals surface area contributed by atoms with Crippen molar-refractivity contribution in [3.63, 3.8) is 0 Å². The number of benzene rings is 1. The second-order valence-corrected chi connectivity index (χ2v) is 7.55. The Balaban J connectivity index is 2.42. The maximum absolute atomic E-state index is 12.7. The van der Waals surface area contributed by atoms with Crippen LogP contribution in [0, 0.1) is 0 Å². The van der Waals surface area contributed by atoms with E-state index in [2.05, 4.69) is 10.1 Å². The predicted octanol–water partition coefficient (Wildman–Crippen LogP) is 3.02. The number of amides is 1. The molecule has 1 amide bonds. The van der Waals surface area contributed by atoms with Gasteiger partial charge in [0.25, 0.3) is 5.91 Å². The molecule has 1 saturated heterocycles. The van der Waals surface area contributed by atoms with Gasteiger partial charge in [0, 0.05) is 11.6 Å². The molecule has 1 aliphatic heterocycles. The first-order chi connectivity index (χ1) is 11.7. The molecule has 144 valence electrons. The van der Waals surface area contributed by atoms with Crippen LogP contribution in [0.5, 0.6) is 5.75 Å². The van der Waals surface area contributed by atoms with Crippen molar-refractivity contribution in [1.29, 1.82) is 0 Å². The Labute approximate surface area is 151 Å². The van der Waals surface area contributed by atoms with Crippen LogP contribution < -0.4 is 15.5 Å². The van der Waals surface area contributed by atoms with Crippen LogP contribution in [0.25, 0.3) is 0 Å². The molecule has 0 spiro atoms. The van der Waals surface area contributed by atoms with Crippen LogP contribution >= 0.6 is 0 Å². The normalized spacial score (nSPS) is 18.9. The quantitative estimate of drug-likeness (QED) is 0.825. The van der Waals surface area contributed by atoms with E-state index in [1.54, 1.807) is 13.8 Å². The van der Waals surface area contributed by atoms with Crippen LogP contribution in [-0.4, -0.2) is 36.6 Å². The predicted molar refractivity (Wildman–Crippen MR) is 91.4 cm³/mol. The van der Waals surface area contributed by atoms with Gasteiger partial charge in [-0.2, -0.15) is 0 Å². The van der Waals surface area contributed by atoms with E-state index in [0.29, 0.717) is 0 Å². The summed E-state index contributed by atoms with van der Waals surface area (Å²) >= 11 is 0. The number of nitrogens with one attached hydrogen (secondary N) is 1. The first-order valence-electron chi connectivity index (χ1n) is 8.27. The number of carbonyl (C=O) groups excluding carboxylic acids is 1. The summed E-state index contributed by atoms with van der Waals surface area (Å²) in [7, 11) is -0.914. The molecule has 0 aromatic heterocycles. The first kappa shape index (κ1) is 20.6. The molecule has 0 unspecified atom stereocenters. The topological polar surface area (TPSA) is 56.8 Å². The van der Waals surface area contributed by atoms with Gasteiger partial charge in [-0.3, -0.25) is 4.79 Å². The molecular weight excluding hydrogens is 350 g/mol. The SMILES string of the molecule is CC(C)NC(=O)c1cc(OC(F)(F)F)cc(B2OC(C)(C)C(C)(C)O2)c1. The Kier molecular flexibility index (Phi) is 5.36. The third-order valence-corrected chi connectivity index (χ3v) is 4.37. The lowest BCUT2D eigenvalue weighted by molar-refractivity contribution is -0.274. The van der Waals surface area contributed by atoms with Crippen LogP contribution in [0.1, 0.15) is 51.9 Å². The fourth-order valence-electron chi connectivity index (χ4n) is 2.41. The van der Waals surface area contributed by atoms with Crippen LogP contribution in [0.4, 0.5) is 13.2 Å². The number of hydrogen-bond acceptors (Lipinski definition) is 4. The molecule has 1 heterocycles. The highest BCUT2D eigenvalue weighted by Gasteiger charge is 2.52. The Hall–Kier alpha value is -1.74. The summed E-state index contributed by atoms with van der Waals surface area (Å²) in [5, 5.41) is 2.64. The van der Waals surface area contributed by atoms with Gasteiger partial charge >= 0.3 is 13.5 Å². The molecule has 26 heavy (non-hydrogen) atoms. The van der Waals surface area contributed by atoms with Crippen molar-refractivity contribution in [3.05, 3.63) is 23.8 Å². The van der Waals surface area contributed by atoms with E-state index in [0.717, 1.165) is 6.07 Å². The van der Waals surface area contributed by atoms with Gasteiger partial charge in [0.1, 0.15) is 5.75 Å². The minimum absolute atomic E-state index is 0.0326. The fourth-order valence-corrected chi connectivity index (χ4v) is 2.41. The summed E-state index contributed by atoms with van der Waals surface area (Å²) in [5.74, 6) is -1.01. The van der Waals surface area contributed by atoms with E-state index < -0.39 is 36.3 Å². The molecule has 5 nitrogen and oxygen atoms in total. The molecule has 0 aliphatic carbocycles. The molecule has 9 heteroatoms. The molecule has 1 N–H and O–H groups in total. The Morgan fingerprint density at radius 3 is 2.12 bits per heavy atom. The zero-order valence-corrected chi connectivity index (χ0v) is 15.7. The van der Waals surface area contributed by atoms with Gasteiger partial charge in [0.05, 0.1) is 11.2 Å². The van der Waals surface area contributed by atoms with Crippen LogP contribution in [0.15, 0.2) is 18.2 Å². The average Bonchev–Trinajstić information content (AvgIpc) is 2.64. The lowest BCUT2D eigenvalue weighted by Gasteiger charge is -2.32. The summed E-state index contributed by atoms with van der Waals surface area (Å²) in [6.45, 7) is 10.8. The van der Waals surface area contributed by atoms with Crippen molar-refractivity contribution in [2.75, 3.05) is 0 Å². The van der Waals surface area contributed by atoms with Crippen molar-refractivity contribution < 1.29 is 32.0 Å². The molecule has 1 aromatic rings. The van der Waals surface area contributed by atoms with Crippen LogP contribution in [0.3, 0.4) is 0 Å². The van der Waals surface area contributed by atoms with Gasteiger partial charge in [-0.1, -0.05) is 0 Å². The molecule has 2 rings (SSSR count). The number of halogens is 3. The van der Waals surface area contributed by atoms with Crippen molar-refractivity contribution >= 4 is 18.5 Å². The van der Waals surface area contributed by atoms with Gasteiger partial charge in [0.15, 0.2) is 0 Å². The lowest BCUT2D eigenvalue weighted by Crippen LogP contribution is -2.41. The molecule has 0 atom stereocenters. The highest BCUT2D eigenvalue weighted by molar-refractivity contribution is 6.62. The Morgan fingerprint density at radius 2 is 1.65 bits per heavy atom. The van der Waals surface area contributed by atoms with E-state index in [1.165, 1.54) is 12.1 Å². The summed E-state index contributed by atoms with van der Waals surface area (Å²) < 4.78 is 53.7. The molecule has 1 aliphatic rings. The molecule has 0 radical (unpaired) electrons. The van der Waals surface area contributed by atoms with Gasteiger partial charge in [-0.05, 0) is 65.2 Å². The van der Waals surface area contributed by atoms with Crippen molar-refractivity contribution in [2.24, 2.45) is 0 Å². The number of alkyl halides is 3.